The average molecular weight is 465 g/mol. The third-order valence-corrected chi connectivity index (χ3v) is 7.00. The van der Waals surface area contributed by atoms with E-state index >= 15 is 0 Å². The van der Waals surface area contributed by atoms with E-state index in [0.29, 0.717) is 29.8 Å². The van der Waals surface area contributed by atoms with Gasteiger partial charge in [-0.1, -0.05) is 23.9 Å². The first kappa shape index (κ1) is 21.7. The van der Waals surface area contributed by atoms with Crippen molar-refractivity contribution in [3.8, 4) is 11.1 Å². The highest BCUT2D eigenvalue weighted by Gasteiger charge is 2.45. The van der Waals surface area contributed by atoms with Crippen LogP contribution >= 0.6 is 11.8 Å². The van der Waals surface area contributed by atoms with Crippen molar-refractivity contribution in [3.05, 3.63) is 54.4 Å². The summed E-state index contributed by atoms with van der Waals surface area (Å²) < 4.78 is 0. The number of aliphatic hydroxyl groups is 2. The smallest absolute Gasteiger partial charge is 0.242 e. The van der Waals surface area contributed by atoms with E-state index in [1.54, 1.807) is 34.6 Å². The van der Waals surface area contributed by atoms with E-state index < -0.39 is 10.5 Å². The van der Waals surface area contributed by atoms with E-state index in [0.717, 1.165) is 34.1 Å². The molecule has 0 spiro atoms. The highest BCUT2D eigenvalue weighted by Crippen LogP contribution is 2.46. The van der Waals surface area contributed by atoms with Crippen LogP contribution in [0.5, 0.6) is 0 Å². The Balaban J connectivity index is 1.56. The third-order valence-electron chi connectivity index (χ3n) is 6.02. The second-order valence-electron chi connectivity index (χ2n) is 8.77. The van der Waals surface area contributed by atoms with Crippen molar-refractivity contribution in [3.63, 3.8) is 0 Å². The molecule has 33 heavy (non-hydrogen) atoms. The predicted octanol–water partition coefficient (Wildman–Crippen LogP) is 2.39. The highest BCUT2D eigenvalue weighted by molar-refractivity contribution is 8.00. The number of anilines is 3. The van der Waals surface area contributed by atoms with Crippen molar-refractivity contribution in [2.45, 2.75) is 31.3 Å². The minimum absolute atomic E-state index is 0.00337. The lowest BCUT2D eigenvalue weighted by Gasteiger charge is -2.35. The maximum atomic E-state index is 13.5. The van der Waals surface area contributed by atoms with Gasteiger partial charge in [0.25, 0.3) is 0 Å². The van der Waals surface area contributed by atoms with Crippen LogP contribution in [-0.2, 0) is 10.2 Å². The van der Waals surface area contributed by atoms with Gasteiger partial charge in [-0.2, -0.15) is 0 Å². The number of hydrogen-bond donors (Lipinski definition) is 2. The number of rotatable bonds is 3. The summed E-state index contributed by atoms with van der Waals surface area (Å²) in [6, 6.07) is 5.89. The number of fused-ring (bicyclic) bond motifs is 1. The Bertz CT molecular complexity index is 1230. The van der Waals surface area contributed by atoms with E-state index in [1.807, 2.05) is 39.0 Å². The van der Waals surface area contributed by atoms with Crippen LogP contribution in [0.25, 0.3) is 11.1 Å². The maximum Gasteiger partial charge on any atom is 0.242 e. The zero-order valence-corrected chi connectivity index (χ0v) is 19.4. The molecule has 0 aliphatic carbocycles. The van der Waals surface area contributed by atoms with Crippen LogP contribution in [0.15, 0.2) is 43.0 Å². The zero-order valence-electron chi connectivity index (χ0n) is 18.6. The van der Waals surface area contributed by atoms with Gasteiger partial charge in [0.05, 0.1) is 30.0 Å². The molecule has 170 valence electrons. The molecule has 2 aromatic heterocycles. The summed E-state index contributed by atoms with van der Waals surface area (Å²) in [5.74, 6) is 2.01. The third kappa shape index (κ3) is 3.84. The Labute approximate surface area is 195 Å². The molecule has 0 bridgehead atoms. The van der Waals surface area contributed by atoms with E-state index in [-0.39, 0.29) is 12.5 Å². The summed E-state index contributed by atoms with van der Waals surface area (Å²) in [5, 5.41) is 18.2. The minimum atomic E-state index is -1.85. The number of thioether (sulfide) groups is 1. The maximum absolute atomic E-state index is 13.5. The standard InChI is InChI=1S/C23H24N6O3S/c1-14-25-9-16(10-26-14)15-4-5-17-18(8-15)29(21(30)22(17,2)3)20-12-24-11-19(27-20)28-6-7-33-23(31,32)13-28/h4-5,8-12,31-32H,6-7,13H2,1-3H3. The zero-order chi connectivity index (χ0) is 23.4. The largest absolute Gasteiger partial charge is 0.356 e. The molecule has 9 nitrogen and oxygen atoms in total. The minimum Gasteiger partial charge on any atom is -0.356 e. The number of benzene rings is 1. The molecule has 0 atom stereocenters. The Morgan fingerprint density at radius 3 is 2.48 bits per heavy atom. The molecule has 1 fully saturated rings. The first-order valence-electron chi connectivity index (χ1n) is 10.6. The van der Waals surface area contributed by atoms with E-state index in [2.05, 4.69) is 19.9 Å². The lowest BCUT2D eigenvalue weighted by molar-refractivity contribution is -0.121. The van der Waals surface area contributed by atoms with E-state index in [4.69, 9.17) is 0 Å². The fraction of sp³-hybridized carbons (Fsp3) is 0.348. The van der Waals surface area contributed by atoms with Crippen LogP contribution in [0.4, 0.5) is 17.3 Å². The van der Waals surface area contributed by atoms with Gasteiger partial charge in [0, 0.05) is 30.3 Å². The van der Waals surface area contributed by atoms with Gasteiger partial charge < -0.3 is 15.1 Å². The molecular formula is C23H24N6O3S. The van der Waals surface area contributed by atoms with Gasteiger partial charge in [-0.15, -0.1) is 0 Å². The molecular weight excluding hydrogens is 440 g/mol. The van der Waals surface area contributed by atoms with Crippen molar-refractivity contribution in [1.29, 1.82) is 0 Å². The van der Waals surface area contributed by atoms with E-state index in [1.165, 1.54) is 0 Å². The normalized spacial score (nSPS) is 19.0. The van der Waals surface area contributed by atoms with Crippen LogP contribution in [0.2, 0.25) is 0 Å². The molecule has 3 aromatic rings. The topological polar surface area (TPSA) is 116 Å². The quantitative estimate of drug-likeness (QED) is 0.564. The summed E-state index contributed by atoms with van der Waals surface area (Å²) in [5.41, 5.74) is 2.65. The first-order valence-corrected chi connectivity index (χ1v) is 11.6. The SMILES string of the molecule is Cc1ncc(-c2ccc3c(c2)N(c2cncc(N4CCSC(O)(O)C4)n2)C(=O)C3(C)C)cn1. The van der Waals surface area contributed by atoms with Gasteiger partial charge in [-0.3, -0.25) is 14.7 Å². The van der Waals surface area contributed by atoms with Gasteiger partial charge in [0.2, 0.25) is 11.0 Å². The van der Waals surface area contributed by atoms with Gasteiger partial charge >= 0.3 is 0 Å². The summed E-state index contributed by atoms with van der Waals surface area (Å²) in [6.07, 6.45) is 6.66. The molecule has 2 aliphatic heterocycles. The van der Waals surface area contributed by atoms with Crippen LogP contribution in [-0.4, -0.2) is 60.0 Å². The molecule has 0 unspecified atom stereocenters. The van der Waals surface area contributed by atoms with Crippen LogP contribution in [0.3, 0.4) is 0 Å². The second kappa shape index (κ2) is 7.75. The number of hydrogen-bond acceptors (Lipinski definition) is 9. The summed E-state index contributed by atoms with van der Waals surface area (Å²) in [4.78, 5) is 34.4. The fourth-order valence-corrected chi connectivity index (χ4v) is 5.08. The Morgan fingerprint density at radius 1 is 1.03 bits per heavy atom. The molecule has 10 heteroatoms. The number of aromatic nitrogens is 4. The van der Waals surface area contributed by atoms with E-state index in [9.17, 15) is 15.0 Å². The number of amides is 1. The fourth-order valence-electron chi connectivity index (χ4n) is 4.19. The number of carbonyl (C=O) groups excluding carboxylic acids is 1. The Kier molecular flexibility index (Phi) is 5.11. The highest BCUT2D eigenvalue weighted by atomic mass is 32.2. The van der Waals surface area contributed by atoms with Gasteiger partial charge in [0.15, 0.2) is 5.82 Å². The Hall–Kier alpha value is -3.08. The average Bonchev–Trinajstić information content (AvgIpc) is 2.98. The molecule has 4 heterocycles. The van der Waals surface area contributed by atoms with Crippen molar-refractivity contribution >= 4 is 35.0 Å². The van der Waals surface area contributed by atoms with Crippen molar-refractivity contribution in [1.82, 2.24) is 19.9 Å². The second-order valence-corrected chi connectivity index (χ2v) is 10.1. The molecule has 1 saturated heterocycles. The monoisotopic (exact) mass is 464 g/mol. The van der Waals surface area contributed by atoms with Gasteiger partial charge in [-0.05, 0) is 38.0 Å². The van der Waals surface area contributed by atoms with Crippen LogP contribution in [0.1, 0.15) is 25.2 Å². The van der Waals surface area contributed by atoms with Crippen LogP contribution < -0.4 is 9.80 Å². The molecule has 1 amide bonds. The molecule has 2 N–H and O–H groups in total. The summed E-state index contributed by atoms with van der Waals surface area (Å²) >= 11 is 1.09. The van der Waals surface area contributed by atoms with Crippen LogP contribution in [0, 0.1) is 6.92 Å². The Morgan fingerprint density at radius 2 is 1.76 bits per heavy atom. The van der Waals surface area contributed by atoms with Gasteiger partial charge in [-0.25, -0.2) is 15.0 Å². The predicted molar refractivity (Wildman–Crippen MR) is 126 cm³/mol. The number of aryl methyl sites for hydroxylation is 1. The van der Waals surface area contributed by atoms with Crippen molar-refractivity contribution < 1.29 is 15.0 Å². The number of β-amino-alcohol motifs (C(OH)–C–C–N with tert-alkyl or cyclic N) is 2. The molecule has 0 radical (unpaired) electrons. The summed E-state index contributed by atoms with van der Waals surface area (Å²) in [7, 11) is 0. The lowest BCUT2D eigenvalue weighted by Crippen LogP contribution is -2.47. The molecule has 2 aliphatic rings. The number of carbonyl (C=O) groups is 1. The number of nitrogens with zero attached hydrogens (tertiary/aromatic N) is 6. The lowest BCUT2D eigenvalue weighted by atomic mass is 9.85. The molecule has 1 aromatic carbocycles. The first-order chi connectivity index (χ1) is 15.7. The molecule has 0 saturated carbocycles. The van der Waals surface area contributed by atoms with Crippen molar-refractivity contribution in [2.24, 2.45) is 0 Å². The molecule has 5 rings (SSSR count). The van der Waals surface area contributed by atoms with Crippen molar-refractivity contribution in [2.75, 3.05) is 28.6 Å². The summed E-state index contributed by atoms with van der Waals surface area (Å²) in [6.45, 7) is 6.23. The van der Waals surface area contributed by atoms with Gasteiger partial charge in [0.1, 0.15) is 11.6 Å².